The van der Waals surface area contributed by atoms with Gasteiger partial charge < -0.3 is 5.32 Å². The molecule has 1 N–H and O–H groups in total. The number of benzene rings is 2. The van der Waals surface area contributed by atoms with Crippen LogP contribution in [-0.2, 0) is 11.3 Å². The Balaban J connectivity index is 1.65. The van der Waals surface area contributed by atoms with Crippen molar-refractivity contribution in [1.82, 2.24) is 9.88 Å². The summed E-state index contributed by atoms with van der Waals surface area (Å²) in [5, 5.41) is 3.73. The Morgan fingerprint density at radius 3 is 2.80 bits per heavy atom. The van der Waals surface area contributed by atoms with E-state index in [0.29, 0.717) is 17.8 Å². The number of hydrogen-bond donors (Lipinski definition) is 1. The summed E-state index contributed by atoms with van der Waals surface area (Å²) in [7, 11) is 1.88. The molecular weight excluding hydrogens is 337 g/mol. The fourth-order valence-corrected chi connectivity index (χ4v) is 3.49. The molecule has 0 unspecified atom stereocenters. The molecule has 3 rings (SSSR count). The van der Waals surface area contributed by atoms with Crippen molar-refractivity contribution in [2.24, 2.45) is 0 Å². The second-order valence-electron chi connectivity index (χ2n) is 6.12. The number of halogens is 1. The number of hydrogen-bond acceptors (Lipinski definition) is 4. The second kappa shape index (κ2) is 7.29. The molecule has 0 aliphatic rings. The highest BCUT2D eigenvalue weighted by molar-refractivity contribution is 7.18. The van der Waals surface area contributed by atoms with Crippen LogP contribution in [0, 0.1) is 12.7 Å². The molecular formula is C19H20FN3OS. The van der Waals surface area contributed by atoms with Crippen LogP contribution >= 0.6 is 11.3 Å². The van der Waals surface area contributed by atoms with E-state index in [1.54, 1.807) is 30.4 Å². The predicted molar refractivity (Wildman–Crippen MR) is 100 cm³/mol. The summed E-state index contributed by atoms with van der Waals surface area (Å²) in [6.07, 6.45) is 0. The Bertz CT molecular complexity index is 876. The van der Waals surface area contributed by atoms with Crippen LogP contribution in [-0.4, -0.2) is 28.9 Å². The monoisotopic (exact) mass is 357 g/mol. The Morgan fingerprint density at radius 2 is 2.08 bits per heavy atom. The lowest BCUT2D eigenvalue weighted by Crippen LogP contribution is -2.39. The van der Waals surface area contributed by atoms with Gasteiger partial charge in [0.2, 0.25) is 5.91 Å². The highest BCUT2D eigenvalue weighted by Crippen LogP contribution is 2.23. The number of thiazole rings is 1. The number of rotatable bonds is 5. The first-order chi connectivity index (χ1) is 11.9. The quantitative estimate of drug-likeness (QED) is 0.744. The van der Waals surface area contributed by atoms with E-state index in [-0.39, 0.29) is 17.8 Å². The van der Waals surface area contributed by atoms with Crippen LogP contribution in [0.4, 0.5) is 10.1 Å². The molecule has 1 amide bonds. The van der Waals surface area contributed by atoms with Crippen LogP contribution in [0.25, 0.3) is 10.2 Å². The standard InChI is InChI=1S/C19H20FN3OS/c1-12-8-9-14(10-15(12)20)21-19(24)13(2)23(3)11-18-22-16-6-4-5-7-17(16)25-18/h4-10,13H,11H2,1-3H3,(H,21,24)/t13-/m1/s1. The Kier molecular flexibility index (Phi) is 5.11. The van der Waals surface area contributed by atoms with Crippen LogP contribution in [0.2, 0.25) is 0 Å². The SMILES string of the molecule is Cc1ccc(NC(=O)[C@@H](C)N(C)Cc2nc3ccccc3s2)cc1F. The minimum absolute atomic E-state index is 0.174. The van der Waals surface area contributed by atoms with Crippen molar-refractivity contribution in [3.05, 3.63) is 58.9 Å². The smallest absolute Gasteiger partial charge is 0.241 e. The summed E-state index contributed by atoms with van der Waals surface area (Å²) in [5.41, 5.74) is 2.00. The summed E-state index contributed by atoms with van der Waals surface area (Å²) in [4.78, 5) is 18.9. The van der Waals surface area contributed by atoms with E-state index in [4.69, 9.17) is 0 Å². The molecule has 0 bridgehead atoms. The number of nitrogens with zero attached hydrogens (tertiary/aromatic N) is 2. The van der Waals surface area contributed by atoms with E-state index < -0.39 is 0 Å². The van der Waals surface area contributed by atoms with Gasteiger partial charge >= 0.3 is 0 Å². The average Bonchev–Trinajstić information content (AvgIpc) is 2.99. The van der Waals surface area contributed by atoms with E-state index in [9.17, 15) is 9.18 Å². The number of nitrogens with one attached hydrogen (secondary N) is 1. The normalized spacial score (nSPS) is 12.5. The third-order valence-electron chi connectivity index (χ3n) is 4.20. The molecule has 0 aliphatic carbocycles. The fourth-order valence-electron chi connectivity index (χ4n) is 2.46. The number of para-hydroxylation sites is 1. The molecule has 1 heterocycles. The minimum Gasteiger partial charge on any atom is -0.325 e. The summed E-state index contributed by atoms with van der Waals surface area (Å²) in [6, 6.07) is 12.3. The molecule has 2 aromatic carbocycles. The lowest BCUT2D eigenvalue weighted by molar-refractivity contribution is -0.120. The largest absolute Gasteiger partial charge is 0.325 e. The molecule has 0 saturated heterocycles. The number of likely N-dealkylation sites (N-methyl/N-ethyl adjacent to an activating group) is 1. The predicted octanol–water partition coefficient (Wildman–Crippen LogP) is 4.20. The van der Waals surface area contributed by atoms with Crippen molar-refractivity contribution in [3.63, 3.8) is 0 Å². The van der Waals surface area contributed by atoms with Gasteiger partial charge in [-0.25, -0.2) is 9.37 Å². The van der Waals surface area contributed by atoms with Gasteiger partial charge in [0.15, 0.2) is 0 Å². The number of aromatic nitrogens is 1. The molecule has 0 spiro atoms. The molecule has 1 atom stereocenters. The maximum absolute atomic E-state index is 13.6. The van der Waals surface area contributed by atoms with Crippen LogP contribution in [0.15, 0.2) is 42.5 Å². The minimum atomic E-state index is -0.364. The van der Waals surface area contributed by atoms with Gasteiger partial charge in [-0.15, -0.1) is 11.3 Å². The summed E-state index contributed by atoms with van der Waals surface area (Å²) < 4.78 is 14.7. The molecule has 0 radical (unpaired) electrons. The molecule has 0 fully saturated rings. The number of carbonyl (C=O) groups is 1. The topological polar surface area (TPSA) is 45.2 Å². The Hall–Kier alpha value is -2.31. The first-order valence-corrected chi connectivity index (χ1v) is 8.87. The lowest BCUT2D eigenvalue weighted by atomic mass is 10.2. The van der Waals surface area contributed by atoms with Crippen molar-refractivity contribution < 1.29 is 9.18 Å². The van der Waals surface area contributed by atoms with E-state index in [1.165, 1.54) is 6.07 Å². The lowest BCUT2D eigenvalue weighted by Gasteiger charge is -2.22. The highest BCUT2D eigenvalue weighted by Gasteiger charge is 2.19. The summed E-state index contributed by atoms with van der Waals surface area (Å²) >= 11 is 1.63. The highest BCUT2D eigenvalue weighted by atomic mass is 32.1. The molecule has 0 saturated carbocycles. The number of amides is 1. The zero-order valence-electron chi connectivity index (χ0n) is 14.4. The maximum atomic E-state index is 13.6. The maximum Gasteiger partial charge on any atom is 0.241 e. The van der Waals surface area contributed by atoms with Crippen LogP contribution in [0.5, 0.6) is 0 Å². The van der Waals surface area contributed by atoms with E-state index >= 15 is 0 Å². The van der Waals surface area contributed by atoms with Crippen molar-refractivity contribution in [2.75, 3.05) is 12.4 Å². The number of fused-ring (bicyclic) bond motifs is 1. The van der Waals surface area contributed by atoms with Crippen molar-refractivity contribution >= 4 is 33.1 Å². The Morgan fingerprint density at radius 1 is 1.32 bits per heavy atom. The van der Waals surface area contributed by atoms with Gasteiger partial charge in [0, 0.05) is 5.69 Å². The van der Waals surface area contributed by atoms with Gasteiger partial charge in [-0.05, 0) is 50.7 Å². The third-order valence-corrected chi connectivity index (χ3v) is 5.22. The molecule has 25 heavy (non-hydrogen) atoms. The second-order valence-corrected chi connectivity index (χ2v) is 7.23. The van der Waals surface area contributed by atoms with Gasteiger partial charge in [0.1, 0.15) is 10.8 Å². The molecule has 0 aliphatic heterocycles. The van der Waals surface area contributed by atoms with Gasteiger partial charge in [0.25, 0.3) is 0 Å². The van der Waals surface area contributed by atoms with Crippen LogP contribution in [0.1, 0.15) is 17.5 Å². The van der Waals surface area contributed by atoms with Gasteiger partial charge in [-0.3, -0.25) is 9.69 Å². The van der Waals surface area contributed by atoms with E-state index in [0.717, 1.165) is 15.2 Å². The van der Waals surface area contributed by atoms with E-state index in [2.05, 4.69) is 10.3 Å². The van der Waals surface area contributed by atoms with E-state index in [1.807, 2.05) is 43.1 Å². The number of anilines is 1. The van der Waals surface area contributed by atoms with Crippen molar-refractivity contribution in [1.29, 1.82) is 0 Å². The first kappa shape index (κ1) is 17.5. The molecule has 1 aromatic heterocycles. The van der Waals surface area contributed by atoms with Gasteiger partial charge in [-0.1, -0.05) is 18.2 Å². The average molecular weight is 357 g/mol. The zero-order chi connectivity index (χ0) is 18.0. The van der Waals surface area contributed by atoms with Crippen LogP contribution in [0.3, 0.4) is 0 Å². The van der Waals surface area contributed by atoms with Crippen molar-refractivity contribution in [3.8, 4) is 0 Å². The van der Waals surface area contributed by atoms with Gasteiger partial charge in [-0.2, -0.15) is 0 Å². The fraction of sp³-hybridized carbons (Fsp3) is 0.263. The van der Waals surface area contributed by atoms with Crippen molar-refractivity contribution in [2.45, 2.75) is 26.4 Å². The number of aryl methyl sites for hydroxylation is 1. The first-order valence-electron chi connectivity index (χ1n) is 8.06. The summed E-state index contributed by atoms with van der Waals surface area (Å²) in [6.45, 7) is 4.10. The van der Waals surface area contributed by atoms with Crippen LogP contribution < -0.4 is 5.32 Å². The molecule has 3 aromatic rings. The Labute approximate surface area is 150 Å². The zero-order valence-corrected chi connectivity index (χ0v) is 15.2. The molecule has 4 nitrogen and oxygen atoms in total. The molecule has 6 heteroatoms. The third kappa shape index (κ3) is 4.03. The van der Waals surface area contributed by atoms with Gasteiger partial charge in [0.05, 0.1) is 22.8 Å². The summed E-state index contributed by atoms with van der Waals surface area (Å²) in [5.74, 6) is -0.500. The number of carbonyl (C=O) groups excluding carboxylic acids is 1. The molecule has 130 valence electrons.